The van der Waals surface area contributed by atoms with Crippen LogP contribution < -0.4 is 0 Å². The summed E-state index contributed by atoms with van der Waals surface area (Å²) < 4.78 is 0. The third-order valence-electron chi connectivity index (χ3n) is 2.52. The average molecular weight is 260 g/mol. The van der Waals surface area contributed by atoms with Gasteiger partial charge in [-0.3, -0.25) is 0 Å². The molecule has 2 unspecified atom stereocenters. The van der Waals surface area contributed by atoms with Gasteiger partial charge in [0.05, 0.1) is 0 Å². The molecule has 0 saturated heterocycles. The number of unbranched alkanes of at least 4 members (excludes halogenated alkanes) is 5. The molecule has 2 heteroatoms. The van der Waals surface area contributed by atoms with Crippen molar-refractivity contribution in [3.8, 4) is 23.7 Å². The van der Waals surface area contributed by atoms with Crippen molar-refractivity contribution in [3.63, 3.8) is 0 Å². The molecule has 0 aliphatic rings. The highest BCUT2D eigenvalue weighted by atomic mass is 16.3. The van der Waals surface area contributed by atoms with Crippen LogP contribution in [0.4, 0.5) is 0 Å². The molecule has 0 saturated carbocycles. The number of rotatable bonds is 8. The maximum Gasteiger partial charge on any atom is 0.134 e. The maximum absolute atomic E-state index is 9.50. The lowest BCUT2D eigenvalue weighted by Crippen LogP contribution is -1.97. The second-order valence-corrected chi connectivity index (χ2v) is 4.30. The molecule has 2 nitrogen and oxygen atoms in total. The molecule has 0 aliphatic carbocycles. The van der Waals surface area contributed by atoms with Gasteiger partial charge >= 0.3 is 0 Å². The molecule has 0 aromatic rings. The lowest BCUT2D eigenvalue weighted by molar-refractivity contribution is 0.280. The second-order valence-electron chi connectivity index (χ2n) is 4.30. The van der Waals surface area contributed by atoms with Gasteiger partial charge in [0, 0.05) is 0 Å². The molecule has 0 aromatic heterocycles. The lowest BCUT2D eigenvalue weighted by atomic mass is 10.1. The van der Waals surface area contributed by atoms with E-state index < -0.39 is 12.2 Å². The standard InChI is InChI=1S/C17H24O2/c1-3-5-6-7-8-9-10-14-17(19)15-12-11-13-16(18)4-2/h4,10,14,16-19H,2-3,5-9H2,1H3/b14-10+. The number of aliphatic hydroxyl groups is 2. The number of hydrogen-bond donors (Lipinski definition) is 2. The van der Waals surface area contributed by atoms with Crippen molar-refractivity contribution in [2.24, 2.45) is 0 Å². The van der Waals surface area contributed by atoms with Crippen LogP contribution in [0.1, 0.15) is 45.4 Å². The fourth-order valence-corrected chi connectivity index (χ4v) is 1.42. The molecule has 0 amide bonds. The Balaban J connectivity index is 3.78. The fraction of sp³-hybridized carbons (Fsp3) is 0.529. The molecule has 0 bridgehead atoms. The molecule has 0 radical (unpaired) electrons. The Morgan fingerprint density at radius 3 is 2.26 bits per heavy atom. The zero-order valence-corrected chi connectivity index (χ0v) is 11.7. The second kappa shape index (κ2) is 13.0. The Hall–Kier alpha value is -1.48. The largest absolute Gasteiger partial charge is 0.377 e. The average Bonchev–Trinajstić information content (AvgIpc) is 2.42. The minimum absolute atomic E-state index is 0.786. The van der Waals surface area contributed by atoms with Gasteiger partial charge in [-0.25, -0.2) is 0 Å². The summed E-state index contributed by atoms with van der Waals surface area (Å²) in [5.41, 5.74) is 0. The Bertz CT molecular complexity index is 374. The number of aliphatic hydroxyl groups excluding tert-OH is 2. The summed E-state index contributed by atoms with van der Waals surface area (Å²) in [6, 6.07) is 0. The van der Waals surface area contributed by atoms with Crippen LogP contribution in [-0.4, -0.2) is 22.4 Å². The van der Waals surface area contributed by atoms with Crippen molar-refractivity contribution in [2.75, 3.05) is 0 Å². The van der Waals surface area contributed by atoms with Gasteiger partial charge < -0.3 is 10.2 Å². The van der Waals surface area contributed by atoms with Gasteiger partial charge in [0.1, 0.15) is 12.2 Å². The smallest absolute Gasteiger partial charge is 0.134 e. The van der Waals surface area contributed by atoms with Crippen LogP contribution in [-0.2, 0) is 0 Å². The van der Waals surface area contributed by atoms with Crippen molar-refractivity contribution in [2.45, 2.75) is 57.7 Å². The molecule has 2 N–H and O–H groups in total. The molecular weight excluding hydrogens is 236 g/mol. The topological polar surface area (TPSA) is 40.5 Å². The van der Waals surface area contributed by atoms with Crippen molar-refractivity contribution >= 4 is 0 Å². The van der Waals surface area contributed by atoms with E-state index in [1.165, 1.54) is 31.8 Å². The SMILES string of the molecule is C=CC(O)C#CC#CC(O)/C=C/CCCCCCC. The van der Waals surface area contributed by atoms with E-state index in [4.69, 9.17) is 5.11 Å². The van der Waals surface area contributed by atoms with Gasteiger partial charge in [-0.2, -0.15) is 0 Å². The van der Waals surface area contributed by atoms with Gasteiger partial charge in [-0.05, 0) is 30.8 Å². The summed E-state index contributed by atoms with van der Waals surface area (Å²) in [7, 11) is 0. The van der Waals surface area contributed by atoms with Gasteiger partial charge in [0.2, 0.25) is 0 Å². The molecule has 0 fully saturated rings. The van der Waals surface area contributed by atoms with Crippen LogP contribution in [0, 0.1) is 23.7 Å². The highest BCUT2D eigenvalue weighted by Crippen LogP contribution is 2.05. The molecule has 104 valence electrons. The first-order valence-electron chi connectivity index (χ1n) is 6.87. The van der Waals surface area contributed by atoms with E-state index >= 15 is 0 Å². The van der Waals surface area contributed by atoms with E-state index in [-0.39, 0.29) is 0 Å². The van der Waals surface area contributed by atoms with Crippen LogP contribution in [0.2, 0.25) is 0 Å². The molecule has 0 aliphatic heterocycles. The summed E-state index contributed by atoms with van der Waals surface area (Å²) in [5.74, 6) is 10.00. The first-order chi connectivity index (χ1) is 9.20. The zero-order chi connectivity index (χ0) is 14.3. The van der Waals surface area contributed by atoms with Crippen LogP contribution in [0.5, 0.6) is 0 Å². The van der Waals surface area contributed by atoms with Crippen molar-refractivity contribution in [1.29, 1.82) is 0 Å². The predicted octanol–water partition coefficient (Wildman–Crippen LogP) is 2.82. The Labute approximate surface area is 117 Å². The minimum atomic E-state index is -0.856. The predicted molar refractivity (Wildman–Crippen MR) is 80.3 cm³/mol. The third-order valence-corrected chi connectivity index (χ3v) is 2.52. The Morgan fingerprint density at radius 2 is 1.63 bits per heavy atom. The summed E-state index contributed by atoms with van der Waals surface area (Å²) in [4.78, 5) is 0. The molecule has 2 atom stereocenters. The quantitative estimate of drug-likeness (QED) is 0.400. The summed E-state index contributed by atoms with van der Waals surface area (Å²) in [6.07, 6.45) is 10.5. The van der Waals surface area contributed by atoms with Crippen molar-refractivity contribution < 1.29 is 10.2 Å². The highest BCUT2D eigenvalue weighted by Gasteiger charge is 1.91. The van der Waals surface area contributed by atoms with Crippen molar-refractivity contribution in [1.82, 2.24) is 0 Å². The molecule has 0 heterocycles. The van der Waals surface area contributed by atoms with E-state index in [0.717, 1.165) is 12.8 Å². The molecular formula is C17H24O2. The van der Waals surface area contributed by atoms with Crippen LogP contribution in [0.3, 0.4) is 0 Å². The van der Waals surface area contributed by atoms with Crippen LogP contribution in [0.25, 0.3) is 0 Å². The maximum atomic E-state index is 9.50. The van der Waals surface area contributed by atoms with E-state index in [1.54, 1.807) is 6.08 Å². The highest BCUT2D eigenvalue weighted by molar-refractivity contribution is 5.31. The van der Waals surface area contributed by atoms with Gasteiger partial charge in [-0.1, -0.05) is 63.2 Å². The monoisotopic (exact) mass is 260 g/mol. The molecule has 0 spiro atoms. The molecule has 0 aromatic carbocycles. The lowest BCUT2D eigenvalue weighted by Gasteiger charge is -1.97. The fourth-order valence-electron chi connectivity index (χ4n) is 1.42. The Kier molecular flexibility index (Phi) is 12.0. The van der Waals surface area contributed by atoms with Gasteiger partial charge in [-0.15, -0.1) is 0 Å². The molecule has 19 heavy (non-hydrogen) atoms. The van der Waals surface area contributed by atoms with E-state index in [0.29, 0.717) is 0 Å². The van der Waals surface area contributed by atoms with Crippen molar-refractivity contribution in [3.05, 3.63) is 24.8 Å². The third kappa shape index (κ3) is 12.8. The zero-order valence-electron chi connectivity index (χ0n) is 11.7. The van der Waals surface area contributed by atoms with E-state index in [9.17, 15) is 5.11 Å². The summed E-state index contributed by atoms with van der Waals surface area (Å²) in [6.45, 7) is 5.59. The normalized spacial score (nSPS) is 13.0. The Morgan fingerprint density at radius 1 is 1.00 bits per heavy atom. The van der Waals surface area contributed by atoms with Crippen LogP contribution >= 0.6 is 0 Å². The number of hydrogen-bond acceptors (Lipinski definition) is 2. The molecule has 0 rings (SSSR count). The van der Waals surface area contributed by atoms with Crippen LogP contribution in [0.15, 0.2) is 24.8 Å². The number of allylic oxidation sites excluding steroid dienone is 1. The van der Waals surface area contributed by atoms with E-state index in [2.05, 4.69) is 37.2 Å². The summed E-state index contributed by atoms with van der Waals surface area (Å²) in [5, 5.41) is 18.6. The van der Waals surface area contributed by atoms with Gasteiger partial charge in [0.15, 0.2) is 0 Å². The van der Waals surface area contributed by atoms with Gasteiger partial charge in [0.25, 0.3) is 0 Å². The van der Waals surface area contributed by atoms with E-state index in [1.807, 2.05) is 6.08 Å². The first-order valence-corrected chi connectivity index (χ1v) is 6.87. The first kappa shape index (κ1) is 17.5. The summed E-state index contributed by atoms with van der Waals surface area (Å²) >= 11 is 0. The minimum Gasteiger partial charge on any atom is -0.377 e.